The number of aromatic amines is 1. The van der Waals surface area contributed by atoms with Gasteiger partial charge in [-0.1, -0.05) is 76.9 Å². The molecule has 1 heterocycles. The number of hydrogen-bond donors (Lipinski definition) is 2. The number of rotatable bonds is 4. The first-order chi connectivity index (χ1) is 11.4. The lowest BCUT2D eigenvalue weighted by Crippen LogP contribution is -2.41. The molecule has 0 spiro atoms. The van der Waals surface area contributed by atoms with Gasteiger partial charge in [0.1, 0.15) is 5.37 Å². The Labute approximate surface area is 157 Å². The van der Waals surface area contributed by atoms with Crippen LogP contribution in [0.4, 0.5) is 0 Å². The maximum atomic E-state index is 12.3. The summed E-state index contributed by atoms with van der Waals surface area (Å²) in [4.78, 5) is 19.9. The van der Waals surface area contributed by atoms with Crippen LogP contribution >= 0.6 is 46.6 Å². The van der Waals surface area contributed by atoms with Gasteiger partial charge in [0.05, 0.1) is 11.0 Å². The van der Waals surface area contributed by atoms with Gasteiger partial charge in [-0.3, -0.25) is 4.79 Å². The first-order valence-corrected chi connectivity index (χ1v) is 8.99. The Kier molecular flexibility index (Phi) is 5.25. The molecule has 0 aliphatic heterocycles. The van der Waals surface area contributed by atoms with E-state index in [9.17, 15) is 4.79 Å². The Morgan fingerprint density at radius 1 is 1.08 bits per heavy atom. The molecule has 0 unspecified atom stereocenters. The molecule has 0 aliphatic rings. The molecule has 0 fully saturated rings. The van der Waals surface area contributed by atoms with E-state index in [1.807, 2.05) is 30.3 Å². The number of alkyl halides is 3. The second-order valence-electron chi connectivity index (χ2n) is 4.94. The van der Waals surface area contributed by atoms with Gasteiger partial charge in [-0.25, -0.2) is 4.98 Å². The van der Waals surface area contributed by atoms with Crippen molar-refractivity contribution in [2.45, 2.75) is 14.3 Å². The number of thioether (sulfide) groups is 1. The van der Waals surface area contributed by atoms with Crippen molar-refractivity contribution in [2.75, 3.05) is 0 Å². The van der Waals surface area contributed by atoms with Crippen LogP contribution in [0.5, 0.6) is 0 Å². The molecule has 2 N–H and O–H groups in total. The molecular weight excluding hydrogens is 389 g/mol. The Hall–Kier alpha value is -1.40. The third kappa shape index (κ3) is 4.16. The molecular formula is C16H12Cl3N3OS. The lowest BCUT2D eigenvalue weighted by atomic mass is 10.2. The van der Waals surface area contributed by atoms with E-state index in [2.05, 4.69) is 15.3 Å². The summed E-state index contributed by atoms with van der Waals surface area (Å²) < 4.78 is -1.70. The van der Waals surface area contributed by atoms with Crippen molar-refractivity contribution >= 4 is 63.5 Å². The van der Waals surface area contributed by atoms with Gasteiger partial charge >= 0.3 is 0 Å². The maximum Gasteiger partial charge on any atom is 0.252 e. The largest absolute Gasteiger partial charge is 0.336 e. The van der Waals surface area contributed by atoms with E-state index in [-0.39, 0.29) is 5.91 Å². The van der Waals surface area contributed by atoms with Gasteiger partial charge in [0, 0.05) is 5.56 Å². The van der Waals surface area contributed by atoms with Crippen molar-refractivity contribution in [1.82, 2.24) is 15.3 Å². The molecule has 1 atom stereocenters. The lowest BCUT2D eigenvalue weighted by molar-refractivity contribution is 0.0950. The number of nitrogens with zero attached hydrogens (tertiary/aromatic N) is 1. The third-order valence-electron chi connectivity index (χ3n) is 3.19. The van der Waals surface area contributed by atoms with Crippen molar-refractivity contribution in [3.05, 3.63) is 60.2 Å². The minimum Gasteiger partial charge on any atom is -0.336 e. The SMILES string of the molecule is O=C(N[C@@H](Sc1nc2ccccc2[nH]1)C(Cl)(Cl)Cl)c1ccccc1. The summed E-state index contributed by atoms with van der Waals surface area (Å²) in [7, 11) is 0. The number of hydrogen-bond acceptors (Lipinski definition) is 3. The molecule has 4 nitrogen and oxygen atoms in total. The van der Waals surface area contributed by atoms with Crippen LogP contribution in [-0.2, 0) is 0 Å². The van der Waals surface area contributed by atoms with E-state index in [1.54, 1.807) is 24.3 Å². The van der Waals surface area contributed by atoms with Gasteiger partial charge in [-0.2, -0.15) is 0 Å². The number of halogens is 3. The zero-order valence-corrected chi connectivity index (χ0v) is 15.3. The van der Waals surface area contributed by atoms with Crippen molar-refractivity contribution in [2.24, 2.45) is 0 Å². The smallest absolute Gasteiger partial charge is 0.252 e. The van der Waals surface area contributed by atoms with Crippen LogP contribution in [0, 0.1) is 0 Å². The van der Waals surface area contributed by atoms with Crippen LogP contribution < -0.4 is 5.32 Å². The van der Waals surface area contributed by atoms with Crippen molar-refractivity contribution in [1.29, 1.82) is 0 Å². The Bertz CT molecular complexity index is 815. The average molecular weight is 401 g/mol. The highest BCUT2D eigenvalue weighted by atomic mass is 35.6. The number of nitrogens with one attached hydrogen (secondary N) is 2. The van der Waals surface area contributed by atoms with E-state index >= 15 is 0 Å². The zero-order chi connectivity index (χ0) is 17.2. The number of aromatic nitrogens is 2. The summed E-state index contributed by atoms with van der Waals surface area (Å²) in [5.74, 6) is -0.324. The van der Waals surface area contributed by atoms with E-state index in [0.29, 0.717) is 10.7 Å². The van der Waals surface area contributed by atoms with Gasteiger partial charge in [0.15, 0.2) is 5.16 Å². The first-order valence-electron chi connectivity index (χ1n) is 6.97. The Balaban J connectivity index is 1.80. The summed E-state index contributed by atoms with van der Waals surface area (Å²) >= 11 is 19.2. The predicted molar refractivity (Wildman–Crippen MR) is 99.9 cm³/mol. The fourth-order valence-electron chi connectivity index (χ4n) is 2.07. The summed E-state index contributed by atoms with van der Waals surface area (Å²) in [6.07, 6.45) is 0. The first kappa shape index (κ1) is 17.4. The normalized spacial score (nSPS) is 13.0. The zero-order valence-electron chi connectivity index (χ0n) is 12.2. The highest BCUT2D eigenvalue weighted by molar-refractivity contribution is 8.00. The molecule has 1 aromatic heterocycles. The van der Waals surface area contributed by atoms with Crippen LogP contribution in [0.1, 0.15) is 10.4 Å². The predicted octanol–water partition coefficient (Wildman–Crippen LogP) is 4.78. The highest BCUT2D eigenvalue weighted by Crippen LogP contribution is 2.39. The molecule has 0 saturated carbocycles. The molecule has 2 aromatic carbocycles. The molecule has 24 heavy (non-hydrogen) atoms. The number of fused-ring (bicyclic) bond motifs is 1. The van der Waals surface area contributed by atoms with Crippen LogP contribution in [0.3, 0.4) is 0 Å². The Morgan fingerprint density at radius 3 is 2.42 bits per heavy atom. The van der Waals surface area contributed by atoms with Crippen molar-refractivity contribution in [3.8, 4) is 0 Å². The number of H-pyrrole nitrogens is 1. The average Bonchev–Trinajstić information content (AvgIpc) is 2.96. The molecule has 0 bridgehead atoms. The van der Waals surface area contributed by atoms with Gasteiger partial charge in [0.2, 0.25) is 3.79 Å². The molecule has 3 aromatic rings. The lowest BCUT2D eigenvalue weighted by Gasteiger charge is -2.24. The number of carbonyl (C=O) groups excluding carboxylic acids is 1. The summed E-state index contributed by atoms with van der Waals surface area (Å²) in [6, 6.07) is 16.3. The van der Waals surface area contributed by atoms with E-state index in [0.717, 1.165) is 22.8 Å². The molecule has 124 valence electrons. The number of para-hydroxylation sites is 2. The third-order valence-corrected chi connectivity index (χ3v) is 5.36. The van der Waals surface area contributed by atoms with Crippen molar-refractivity contribution in [3.63, 3.8) is 0 Å². The minimum atomic E-state index is -1.70. The number of benzene rings is 2. The van der Waals surface area contributed by atoms with E-state index in [1.165, 1.54) is 0 Å². The molecule has 0 saturated heterocycles. The summed E-state index contributed by atoms with van der Waals surface area (Å²) in [6.45, 7) is 0. The summed E-state index contributed by atoms with van der Waals surface area (Å²) in [5.41, 5.74) is 2.16. The molecule has 0 aliphatic carbocycles. The van der Waals surface area contributed by atoms with Gasteiger partial charge in [-0.15, -0.1) is 0 Å². The Morgan fingerprint density at radius 2 is 1.75 bits per heavy atom. The monoisotopic (exact) mass is 399 g/mol. The van der Waals surface area contributed by atoms with E-state index < -0.39 is 9.17 Å². The maximum absolute atomic E-state index is 12.3. The number of imidazole rings is 1. The van der Waals surface area contributed by atoms with Crippen molar-refractivity contribution < 1.29 is 4.79 Å². The molecule has 8 heteroatoms. The second-order valence-corrected chi connectivity index (χ2v) is 8.40. The molecule has 0 radical (unpaired) electrons. The molecule has 3 rings (SSSR count). The van der Waals surface area contributed by atoms with Gasteiger partial charge < -0.3 is 10.3 Å². The fraction of sp³-hybridized carbons (Fsp3) is 0.125. The molecule has 1 amide bonds. The van der Waals surface area contributed by atoms with Crippen LogP contribution in [0.25, 0.3) is 11.0 Å². The topological polar surface area (TPSA) is 57.8 Å². The summed E-state index contributed by atoms with van der Waals surface area (Å²) in [5, 5.41) is 2.48. The van der Waals surface area contributed by atoms with Crippen LogP contribution in [0.15, 0.2) is 59.8 Å². The van der Waals surface area contributed by atoms with Crippen LogP contribution in [-0.4, -0.2) is 25.0 Å². The number of amides is 1. The van der Waals surface area contributed by atoms with Gasteiger partial charge in [-0.05, 0) is 24.3 Å². The fourth-order valence-corrected chi connectivity index (χ4v) is 3.47. The highest BCUT2D eigenvalue weighted by Gasteiger charge is 2.36. The quantitative estimate of drug-likeness (QED) is 0.376. The van der Waals surface area contributed by atoms with Crippen LogP contribution in [0.2, 0.25) is 0 Å². The standard InChI is InChI=1S/C16H12Cl3N3OS/c17-16(18,19)14(22-13(23)10-6-2-1-3-7-10)24-15-20-11-8-4-5-9-12(11)21-15/h1-9,14H,(H,20,21)(H,22,23)/t14-/m0/s1. The van der Waals surface area contributed by atoms with Gasteiger partial charge in [0.25, 0.3) is 5.91 Å². The minimum absolute atomic E-state index is 0.324. The van der Waals surface area contributed by atoms with E-state index in [4.69, 9.17) is 34.8 Å². The number of carbonyl (C=O) groups is 1. The second kappa shape index (κ2) is 7.23.